The van der Waals surface area contributed by atoms with Crippen molar-refractivity contribution in [1.82, 2.24) is 0 Å². The van der Waals surface area contributed by atoms with Crippen LogP contribution >= 0.6 is 0 Å². The Bertz CT molecular complexity index is 167. The zero-order valence-corrected chi connectivity index (χ0v) is 4.67. The molecule has 0 saturated carbocycles. The molecule has 0 atom stereocenters. The fraction of sp³-hybridized carbons (Fsp3) is 0. The second-order valence-corrected chi connectivity index (χ2v) is 1.61. The third-order valence-electron chi connectivity index (χ3n) is 1.04. The maximum absolute atomic E-state index is 3.63. The second kappa shape index (κ2) is 2.31. The topological polar surface area (TPSA) is 0 Å². The molecule has 0 unspecified atom stereocenters. The summed E-state index contributed by atoms with van der Waals surface area (Å²) < 4.78 is 0. The Morgan fingerprint density at radius 1 is 1.25 bits per heavy atom. The van der Waals surface area contributed by atoms with Crippen LogP contribution in [-0.2, 0) is 0 Å². The summed E-state index contributed by atoms with van der Waals surface area (Å²) >= 11 is 0. The Kier molecular flexibility index (Phi) is 1.48. The van der Waals surface area contributed by atoms with Crippen LogP contribution in [0.15, 0.2) is 36.9 Å². The van der Waals surface area contributed by atoms with Crippen LogP contribution < -0.4 is 0 Å². The summed E-state index contributed by atoms with van der Waals surface area (Å²) in [5.41, 5.74) is 1.17. The van der Waals surface area contributed by atoms with E-state index in [9.17, 15) is 0 Å². The van der Waals surface area contributed by atoms with Crippen molar-refractivity contribution in [3.63, 3.8) is 0 Å². The Labute approximate surface area is 51.0 Å². The third-order valence-corrected chi connectivity index (χ3v) is 1.04. The molecule has 0 heteroatoms. The molecule has 0 bridgehead atoms. The molecule has 8 heavy (non-hydrogen) atoms. The highest BCUT2D eigenvalue weighted by Crippen LogP contribution is 1.97. The zero-order valence-electron chi connectivity index (χ0n) is 5.67. The molecule has 0 aromatic heterocycles. The predicted molar refractivity (Wildman–Crippen MR) is 37.6 cm³/mol. The summed E-state index contributed by atoms with van der Waals surface area (Å²) in [6.07, 6.45) is 1.83. The Morgan fingerprint density at radius 3 is 2.25 bits per heavy atom. The first-order chi connectivity index (χ1) is 3.93. The maximum atomic E-state index is 3.63. The molecule has 0 aliphatic rings. The molecular weight excluding hydrogens is 96.1 g/mol. The SMILES string of the molecule is C=Cc1ccccc1.[H+]. The van der Waals surface area contributed by atoms with Crippen molar-refractivity contribution in [2.24, 2.45) is 0 Å². The van der Waals surface area contributed by atoms with Crippen molar-refractivity contribution >= 4 is 6.08 Å². The molecule has 0 N–H and O–H groups in total. The molecule has 0 aliphatic carbocycles. The number of hydrogen-bond donors (Lipinski definition) is 0. The van der Waals surface area contributed by atoms with Crippen molar-refractivity contribution in [3.8, 4) is 0 Å². The van der Waals surface area contributed by atoms with E-state index in [-0.39, 0.29) is 1.43 Å². The molecule has 0 radical (unpaired) electrons. The molecule has 0 nitrogen and oxygen atoms in total. The molecule has 0 saturated heterocycles. The fourth-order valence-corrected chi connectivity index (χ4v) is 0.589. The zero-order chi connectivity index (χ0) is 5.82. The summed E-state index contributed by atoms with van der Waals surface area (Å²) in [5.74, 6) is 0. The normalized spacial score (nSPS) is 8.50. The van der Waals surface area contributed by atoms with Gasteiger partial charge in [-0.25, -0.2) is 0 Å². The summed E-state index contributed by atoms with van der Waals surface area (Å²) in [5, 5.41) is 0. The van der Waals surface area contributed by atoms with Gasteiger partial charge in [-0.3, -0.25) is 0 Å². The highest BCUT2D eigenvalue weighted by molar-refractivity contribution is 5.45. The Hall–Kier alpha value is -1.04. The van der Waals surface area contributed by atoms with Crippen LogP contribution in [0.3, 0.4) is 0 Å². The van der Waals surface area contributed by atoms with Gasteiger partial charge < -0.3 is 0 Å². The van der Waals surface area contributed by atoms with Crippen LogP contribution in [0.5, 0.6) is 0 Å². The molecule has 40 valence electrons. The standard InChI is InChI=1S/C8H8/c1-2-8-6-4-3-5-7-8/h2-7H,1H2/p+1. The largest absolute Gasteiger partial charge is 1.00 e. The lowest BCUT2D eigenvalue weighted by molar-refractivity contribution is 1.67. The van der Waals surface area contributed by atoms with Crippen LogP contribution in [0, 0.1) is 0 Å². The Balaban J connectivity index is 0.000000640. The molecule has 0 fully saturated rings. The minimum Gasteiger partial charge on any atom is -0.0985 e. The van der Waals surface area contributed by atoms with E-state index in [1.54, 1.807) is 0 Å². The minimum atomic E-state index is 0. The van der Waals surface area contributed by atoms with E-state index in [0.717, 1.165) is 0 Å². The van der Waals surface area contributed by atoms with E-state index < -0.39 is 0 Å². The van der Waals surface area contributed by atoms with Crippen molar-refractivity contribution in [2.45, 2.75) is 0 Å². The van der Waals surface area contributed by atoms with E-state index in [1.807, 2.05) is 36.4 Å². The van der Waals surface area contributed by atoms with Crippen molar-refractivity contribution in [3.05, 3.63) is 42.5 Å². The van der Waals surface area contributed by atoms with Crippen LogP contribution in [0.1, 0.15) is 6.99 Å². The number of hydrogen-bond acceptors (Lipinski definition) is 0. The van der Waals surface area contributed by atoms with E-state index in [2.05, 4.69) is 6.58 Å². The quantitative estimate of drug-likeness (QED) is 0.514. The van der Waals surface area contributed by atoms with Crippen LogP contribution in [0.25, 0.3) is 6.08 Å². The minimum absolute atomic E-state index is 0. The van der Waals surface area contributed by atoms with Crippen LogP contribution in [0.4, 0.5) is 0 Å². The van der Waals surface area contributed by atoms with Crippen LogP contribution in [0.2, 0.25) is 0 Å². The van der Waals surface area contributed by atoms with Gasteiger partial charge in [-0.2, -0.15) is 0 Å². The van der Waals surface area contributed by atoms with Gasteiger partial charge in [0.1, 0.15) is 0 Å². The lowest BCUT2D eigenvalue weighted by Gasteiger charge is -1.85. The van der Waals surface area contributed by atoms with E-state index in [4.69, 9.17) is 0 Å². The summed E-state index contributed by atoms with van der Waals surface area (Å²) in [4.78, 5) is 0. The van der Waals surface area contributed by atoms with E-state index >= 15 is 0 Å². The number of rotatable bonds is 1. The molecule has 0 heterocycles. The predicted octanol–water partition coefficient (Wildman–Crippen LogP) is 2.44. The lowest BCUT2D eigenvalue weighted by atomic mass is 10.2. The average molecular weight is 105 g/mol. The lowest BCUT2D eigenvalue weighted by Crippen LogP contribution is -1.63. The second-order valence-electron chi connectivity index (χ2n) is 1.61. The van der Waals surface area contributed by atoms with Gasteiger partial charge in [-0.05, 0) is 5.56 Å². The first-order valence-electron chi connectivity index (χ1n) is 2.61. The molecule has 1 aromatic rings. The van der Waals surface area contributed by atoms with E-state index in [1.165, 1.54) is 5.56 Å². The molecule has 1 aromatic carbocycles. The first kappa shape index (κ1) is 5.10. The van der Waals surface area contributed by atoms with Crippen molar-refractivity contribution in [2.75, 3.05) is 0 Å². The van der Waals surface area contributed by atoms with Gasteiger partial charge in [0.05, 0.1) is 0 Å². The van der Waals surface area contributed by atoms with Gasteiger partial charge in [0.25, 0.3) is 0 Å². The maximum Gasteiger partial charge on any atom is 1.00 e. The Morgan fingerprint density at radius 2 is 1.88 bits per heavy atom. The molecule has 0 amide bonds. The highest BCUT2D eigenvalue weighted by Gasteiger charge is 1.75. The third kappa shape index (κ3) is 0.969. The smallest absolute Gasteiger partial charge is 0.0985 e. The first-order valence-corrected chi connectivity index (χ1v) is 2.61. The number of benzene rings is 1. The van der Waals surface area contributed by atoms with Gasteiger partial charge in [-0.1, -0.05) is 43.0 Å². The summed E-state index contributed by atoms with van der Waals surface area (Å²) in [6.45, 7) is 3.63. The monoisotopic (exact) mass is 105 g/mol. The van der Waals surface area contributed by atoms with Gasteiger partial charge in [-0.15, -0.1) is 0 Å². The van der Waals surface area contributed by atoms with E-state index in [0.29, 0.717) is 0 Å². The van der Waals surface area contributed by atoms with Gasteiger partial charge in [0.15, 0.2) is 0 Å². The van der Waals surface area contributed by atoms with Gasteiger partial charge in [0, 0.05) is 0 Å². The van der Waals surface area contributed by atoms with Crippen LogP contribution in [-0.4, -0.2) is 0 Å². The molecule has 0 aliphatic heterocycles. The van der Waals surface area contributed by atoms with Gasteiger partial charge >= 0.3 is 1.43 Å². The van der Waals surface area contributed by atoms with Crippen molar-refractivity contribution in [1.29, 1.82) is 0 Å². The molecule has 1 rings (SSSR count). The summed E-state index contributed by atoms with van der Waals surface area (Å²) in [7, 11) is 0. The molecular formula is C8H9+. The highest BCUT2D eigenvalue weighted by atomic mass is 13.8. The van der Waals surface area contributed by atoms with Crippen molar-refractivity contribution < 1.29 is 1.43 Å². The van der Waals surface area contributed by atoms with Gasteiger partial charge in [0.2, 0.25) is 0 Å². The fourth-order valence-electron chi connectivity index (χ4n) is 0.589. The summed E-state index contributed by atoms with van der Waals surface area (Å²) in [6, 6.07) is 10.0. The average Bonchev–Trinajstić information content (AvgIpc) is 1.90. The molecule has 0 spiro atoms.